The topological polar surface area (TPSA) is 116 Å². The number of non-ortho nitro benzene ring substituents is 1. The molecule has 1 heterocycles. The van der Waals surface area contributed by atoms with Crippen LogP contribution in [0.1, 0.15) is 65.2 Å². The number of benzene rings is 1. The molecule has 0 unspecified atom stereocenters. The van der Waals surface area contributed by atoms with Gasteiger partial charge in [0, 0.05) is 31.0 Å². The summed E-state index contributed by atoms with van der Waals surface area (Å²) in [6.45, 7) is 4.66. The van der Waals surface area contributed by atoms with E-state index in [2.05, 4.69) is 13.8 Å². The molecule has 9 nitrogen and oxygen atoms in total. The molecule has 4 fully saturated rings. The molecule has 1 amide bonds. The van der Waals surface area contributed by atoms with Gasteiger partial charge in [0.2, 0.25) is 5.91 Å². The Morgan fingerprint density at radius 3 is 2.41 bits per heavy atom. The smallest absolute Gasteiger partial charge is 0.317 e. The van der Waals surface area contributed by atoms with Crippen LogP contribution in [-0.4, -0.2) is 39.8 Å². The molecule has 0 N–H and O–H groups in total. The Kier molecular flexibility index (Phi) is 5.37. The minimum atomic E-state index is -0.627. The third-order valence-corrected chi connectivity index (χ3v) is 10.1. The molecule has 0 spiro atoms. The zero-order chi connectivity index (χ0) is 24.4. The number of carbonyl (C=O) groups excluding carboxylic acids is 1. The van der Waals surface area contributed by atoms with E-state index in [0.29, 0.717) is 30.2 Å². The number of hydrogen-bond acceptors (Lipinski definition) is 6. The highest BCUT2D eigenvalue weighted by molar-refractivity contribution is 5.77. The molecule has 1 saturated heterocycles. The number of nitro groups is 2. The largest absolute Gasteiger partial charge is 0.483 e. The first-order valence-corrected chi connectivity index (χ1v) is 12.4. The van der Waals surface area contributed by atoms with Crippen LogP contribution < -0.4 is 4.74 Å². The maximum absolute atomic E-state index is 12.4. The predicted molar refractivity (Wildman–Crippen MR) is 124 cm³/mol. The summed E-state index contributed by atoms with van der Waals surface area (Å²) in [4.78, 5) is 35.8. The number of fused-ring (bicyclic) bond motifs is 5. The van der Waals surface area contributed by atoms with E-state index < -0.39 is 9.85 Å². The first-order chi connectivity index (χ1) is 16.1. The van der Waals surface area contributed by atoms with Gasteiger partial charge in [-0.15, -0.1) is 0 Å². The number of hydrogen-bond donors (Lipinski definition) is 0. The molecule has 7 atom stereocenters. The summed E-state index contributed by atoms with van der Waals surface area (Å²) < 4.78 is 6.30. The number of ether oxygens (including phenoxy) is 1. The van der Waals surface area contributed by atoms with Crippen molar-refractivity contribution >= 4 is 17.3 Å². The predicted octanol–water partition coefficient (Wildman–Crippen LogP) is 5.11. The van der Waals surface area contributed by atoms with E-state index in [4.69, 9.17) is 4.74 Å². The van der Waals surface area contributed by atoms with Crippen molar-refractivity contribution in [1.82, 2.24) is 4.90 Å². The van der Waals surface area contributed by atoms with Crippen molar-refractivity contribution in [1.29, 1.82) is 0 Å². The number of piperidine rings is 1. The number of amides is 1. The van der Waals surface area contributed by atoms with Crippen LogP contribution in [0.3, 0.4) is 0 Å². The highest BCUT2D eigenvalue weighted by Gasteiger charge is 2.61. The van der Waals surface area contributed by atoms with Gasteiger partial charge >= 0.3 is 5.69 Å². The maximum Gasteiger partial charge on any atom is 0.317 e. The summed E-state index contributed by atoms with van der Waals surface area (Å²) in [6, 6.07) is 3.95. The van der Waals surface area contributed by atoms with Gasteiger partial charge in [0.15, 0.2) is 5.75 Å². The van der Waals surface area contributed by atoms with Crippen LogP contribution in [0.5, 0.6) is 5.75 Å². The van der Waals surface area contributed by atoms with Gasteiger partial charge in [0.25, 0.3) is 5.69 Å². The van der Waals surface area contributed by atoms with Gasteiger partial charge in [-0.1, -0.05) is 13.8 Å². The quantitative estimate of drug-likeness (QED) is 0.445. The fourth-order valence-corrected chi connectivity index (χ4v) is 8.31. The lowest BCUT2D eigenvalue weighted by molar-refractivity contribution is -0.394. The van der Waals surface area contributed by atoms with Crippen molar-refractivity contribution in [3.8, 4) is 5.75 Å². The van der Waals surface area contributed by atoms with Gasteiger partial charge < -0.3 is 9.64 Å². The number of likely N-dealkylation sites (tertiary alicyclic amines) is 1. The second-order valence-electron chi connectivity index (χ2n) is 11.4. The molecule has 0 aromatic heterocycles. The molecule has 34 heavy (non-hydrogen) atoms. The molecule has 3 aliphatic carbocycles. The Bertz CT molecular complexity index is 1050. The van der Waals surface area contributed by atoms with Crippen molar-refractivity contribution < 1.29 is 19.4 Å². The minimum Gasteiger partial charge on any atom is -0.483 e. The molecule has 0 radical (unpaired) electrons. The molecule has 3 saturated carbocycles. The summed E-state index contributed by atoms with van der Waals surface area (Å²) in [6.07, 6.45) is 7.50. The van der Waals surface area contributed by atoms with E-state index >= 15 is 0 Å². The van der Waals surface area contributed by atoms with Crippen LogP contribution in [0.2, 0.25) is 0 Å². The SMILES string of the molecule is CN1C(=O)CC[C@]2(C)[C@H]3CC[C@]4(C)[C@@H](Oc5ccc([N+](=O)[O-])cc5[N+](=O)[O-])CC[C@H]4[C@@H]3CC[C@@H]12. The second kappa shape index (κ2) is 7.92. The Hall–Kier alpha value is -2.71. The van der Waals surface area contributed by atoms with E-state index in [0.717, 1.165) is 51.0 Å². The highest BCUT2D eigenvalue weighted by atomic mass is 16.6. The van der Waals surface area contributed by atoms with E-state index in [9.17, 15) is 25.0 Å². The Morgan fingerprint density at radius 2 is 1.71 bits per heavy atom. The summed E-state index contributed by atoms with van der Waals surface area (Å²) in [5, 5.41) is 22.7. The molecule has 1 aliphatic heterocycles. The van der Waals surface area contributed by atoms with E-state index in [1.807, 2.05) is 11.9 Å². The lowest BCUT2D eigenvalue weighted by atomic mass is 9.47. The van der Waals surface area contributed by atoms with Gasteiger partial charge in [-0.25, -0.2) is 0 Å². The molecule has 5 rings (SSSR count). The van der Waals surface area contributed by atoms with Crippen molar-refractivity contribution in [3.63, 3.8) is 0 Å². The molecular formula is C25H33N3O6. The molecular weight excluding hydrogens is 438 g/mol. The van der Waals surface area contributed by atoms with Gasteiger partial charge in [-0.2, -0.15) is 0 Å². The third-order valence-electron chi connectivity index (χ3n) is 10.1. The average molecular weight is 472 g/mol. The molecule has 9 heteroatoms. The van der Waals surface area contributed by atoms with Gasteiger partial charge in [0.1, 0.15) is 6.10 Å². The monoisotopic (exact) mass is 471 g/mol. The van der Waals surface area contributed by atoms with Crippen LogP contribution in [0.4, 0.5) is 11.4 Å². The van der Waals surface area contributed by atoms with Crippen molar-refractivity contribution in [2.45, 2.75) is 77.4 Å². The lowest BCUT2D eigenvalue weighted by Crippen LogP contribution is -2.61. The normalized spacial score (nSPS) is 39.1. The van der Waals surface area contributed by atoms with Crippen LogP contribution in [0.25, 0.3) is 0 Å². The summed E-state index contributed by atoms with van der Waals surface area (Å²) in [7, 11) is 1.97. The molecule has 4 aliphatic rings. The van der Waals surface area contributed by atoms with Crippen molar-refractivity contribution in [2.24, 2.45) is 28.6 Å². The third kappa shape index (κ3) is 3.30. The summed E-state index contributed by atoms with van der Waals surface area (Å²) in [5.41, 5.74) is -0.603. The molecule has 1 aromatic carbocycles. The number of carbonyl (C=O) groups is 1. The minimum absolute atomic E-state index is 0.0869. The van der Waals surface area contributed by atoms with Crippen LogP contribution in [0.15, 0.2) is 18.2 Å². The van der Waals surface area contributed by atoms with Crippen molar-refractivity contribution in [2.75, 3.05) is 7.05 Å². The lowest BCUT2D eigenvalue weighted by Gasteiger charge is -2.61. The van der Waals surface area contributed by atoms with Crippen LogP contribution in [0, 0.1) is 48.8 Å². The van der Waals surface area contributed by atoms with E-state index in [1.54, 1.807) is 0 Å². The molecule has 184 valence electrons. The number of nitrogens with zero attached hydrogens (tertiary/aromatic N) is 3. The van der Waals surface area contributed by atoms with Gasteiger partial charge in [0.05, 0.1) is 15.9 Å². The summed E-state index contributed by atoms with van der Waals surface area (Å²) in [5.74, 6) is 2.01. The van der Waals surface area contributed by atoms with Crippen molar-refractivity contribution in [3.05, 3.63) is 38.4 Å². The molecule has 1 aromatic rings. The molecule has 0 bridgehead atoms. The Morgan fingerprint density at radius 1 is 0.971 bits per heavy atom. The average Bonchev–Trinajstić information content (AvgIpc) is 3.13. The Balaban J connectivity index is 1.39. The second-order valence-corrected chi connectivity index (χ2v) is 11.4. The van der Waals surface area contributed by atoms with Crippen LogP contribution in [-0.2, 0) is 4.79 Å². The van der Waals surface area contributed by atoms with Gasteiger partial charge in [-0.05, 0) is 74.2 Å². The Labute approximate surface area is 199 Å². The first-order valence-electron chi connectivity index (χ1n) is 12.4. The highest BCUT2D eigenvalue weighted by Crippen LogP contribution is 2.65. The zero-order valence-corrected chi connectivity index (χ0v) is 20.1. The fourth-order valence-electron chi connectivity index (χ4n) is 8.31. The first kappa shape index (κ1) is 23.1. The zero-order valence-electron chi connectivity index (χ0n) is 20.1. The van der Waals surface area contributed by atoms with Gasteiger partial charge in [-0.3, -0.25) is 25.0 Å². The van der Waals surface area contributed by atoms with E-state index in [-0.39, 0.29) is 40.0 Å². The fraction of sp³-hybridized carbons (Fsp3) is 0.720. The number of rotatable bonds is 4. The van der Waals surface area contributed by atoms with E-state index in [1.165, 1.54) is 12.1 Å². The number of nitro benzene ring substituents is 2. The van der Waals surface area contributed by atoms with Crippen LogP contribution >= 0.6 is 0 Å². The maximum atomic E-state index is 12.4. The summed E-state index contributed by atoms with van der Waals surface area (Å²) >= 11 is 0. The standard InChI is InChI=1S/C25H33N3O6/c1-24-13-11-23(29)26(3)21(24)8-5-16-17-6-9-22(25(17,2)12-10-18(16)24)34-20-7-4-15(27(30)31)14-19(20)28(32)33/h4,7,14,16-18,21-22H,5-6,8-13H2,1-3H3/t16-,17-,18-,21+,22-,24+,25-/m0/s1.